The molecule has 1 rings (SSSR count). The highest BCUT2D eigenvalue weighted by atomic mass is 16.6. The predicted molar refractivity (Wildman–Crippen MR) is 121 cm³/mol. The summed E-state index contributed by atoms with van der Waals surface area (Å²) < 4.78 is 15.4. The van der Waals surface area contributed by atoms with Crippen molar-refractivity contribution in [2.24, 2.45) is 0 Å². The van der Waals surface area contributed by atoms with Crippen molar-refractivity contribution in [3.05, 3.63) is 48.1 Å². The van der Waals surface area contributed by atoms with Gasteiger partial charge in [0.05, 0.1) is 7.11 Å². The van der Waals surface area contributed by atoms with Gasteiger partial charge in [0, 0.05) is 32.3 Å². The van der Waals surface area contributed by atoms with E-state index in [1.165, 1.54) is 27.0 Å². The second-order valence-corrected chi connectivity index (χ2v) is 7.58. The Morgan fingerprint density at radius 3 is 2.50 bits per heavy atom. The Balaban J connectivity index is 3.02. The van der Waals surface area contributed by atoms with Crippen LogP contribution in [0.3, 0.4) is 0 Å². The number of hydrogen-bond acceptors (Lipinski definition) is 7. The molecule has 176 valence electrons. The summed E-state index contributed by atoms with van der Waals surface area (Å²) in [7, 11) is 1.29. The van der Waals surface area contributed by atoms with Gasteiger partial charge in [0.25, 0.3) is 0 Å². The number of carbonyl (C=O) groups is 4. The maximum absolute atomic E-state index is 12.5. The summed E-state index contributed by atoms with van der Waals surface area (Å²) in [5.74, 6) is -1.65. The first-order valence-corrected chi connectivity index (χ1v) is 10.9. The van der Waals surface area contributed by atoms with Crippen LogP contribution in [0.25, 0.3) is 0 Å². The zero-order valence-corrected chi connectivity index (χ0v) is 19.4. The summed E-state index contributed by atoms with van der Waals surface area (Å²) in [4.78, 5) is 47.0. The molecule has 0 saturated heterocycles. The van der Waals surface area contributed by atoms with Gasteiger partial charge in [-0.1, -0.05) is 44.1 Å². The van der Waals surface area contributed by atoms with E-state index >= 15 is 0 Å². The molecule has 0 unspecified atom stereocenters. The highest BCUT2D eigenvalue weighted by Crippen LogP contribution is 2.34. The largest absolute Gasteiger partial charge is 0.469 e. The summed E-state index contributed by atoms with van der Waals surface area (Å²) in [5, 5.41) is 0. The normalized spacial score (nSPS) is 20.2. The van der Waals surface area contributed by atoms with E-state index in [1.54, 1.807) is 24.3 Å². The molecular formula is C25H34O7. The molecule has 0 aliphatic heterocycles. The molecule has 32 heavy (non-hydrogen) atoms. The van der Waals surface area contributed by atoms with E-state index in [-0.39, 0.29) is 18.6 Å². The van der Waals surface area contributed by atoms with Crippen LogP contribution in [0.15, 0.2) is 48.1 Å². The smallest absolute Gasteiger partial charge is 0.305 e. The minimum absolute atomic E-state index is 0.0794. The minimum atomic E-state index is -1.17. The van der Waals surface area contributed by atoms with Crippen molar-refractivity contribution in [2.75, 3.05) is 7.11 Å². The second-order valence-electron chi connectivity index (χ2n) is 7.58. The number of hydrogen-bond donors (Lipinski definition) is 0. The van der Waals surface area contributed by atoms with Gasteiger partial charge in [0.2, 0.25) is 0 Å². The van der Waals surface area contributed by atoms with E-state index in [0.29, 0.717) is 12.0 Å². The first kappa shape index (κ1) is 27.1. The Morgan fingerprint density at radius 1 is 1.12 bits per heavy atom. The summed E-state index contributed by atoms with van der Waals surface area (Å²) in [6, 6.07) is 0. The van der Waals surface area contributed by atoms with Crippen molar-refractivity contribution in [2.45, 2.75) is 77.4 Å². The average Bonchev–Trinajstić information content (AvgIpc) is 3.03. The lowest BCUT2D eigenvalue weighted by Gasteiger charge is -2.27. The molecule has 2 atom stereocenters. The maximum Gasteiger partial charge on any atom is 0.305 e. The molecule has 0 bridgehead atoms. The molecule has 0 aromatic rings. The third-order valence-electron chi connectivity index (χ3n) is 4.88. The summed E-state index contributed by atoms with van der Waals surface area (Å²) in [5.41, 5.74) is -0.853. The Kier molecular flexibility index (Phi) is 12.0. The van der Waals surface area contributed by atoms with Crippen molar-refractivity contribution in [3.8, 4) is 0 Å². The highest BCUT2D eigenvalue weighted by molar-refractivity contribution is 6.09. The number of ether oxygens (including phenoxy) is 3. The van der Waals surface area contributed by atoms with Crippen LogP contribution in [0.4, 0.5) is 0 Å². The first-order valence-electron chi connectivity index (χ1n) is 10.9. The van der Waals surface area contributed by atoms with Crippen LogP contribution in [-0.2, 0) is 33.4 Å². The van der Waals surface area contributed by atoms with Crippen LogP contribution in [0.2, 0.25) is 0 Å². The van der Waals surface area contributed by atoms with Gasteiger partial charge in [-0.3, -0.25) is 19.2 Å². The molecule has 1 aliphatic carbocycles. The lowest BCUT2D eigenvalue weighted by atomic mass is 9.91. The average molecular weight is 447 g/mol. The zero-order chi connectivity index (χ0) is 24.0. The first-order chi connectivity index (χ1) is 15.2. The van der Waals surface area contributed by atoms with E-state index < -0.39 is 29.6 Å². The maximum atomic E-state index is 12.5. The van der Waals surface area contributed by atoms with Gasteiger partial charge in [-0.25, -0.2) is 0 Å². The molecule has 7 nitrogen and oxygen atoms in total. The van der Waals surface area contributed by atoms with E-state index in [2.05, 4.69) is 11.7 Å². The molecular weight excluding hydrogens is 412 g/mol. The van der Waals surface area contributed by atoms with Crippen LogP contribution >= 0.6 is 0 Å². The molecule has 0 aromatic heterocycles. The van der Waals surface area contributed by atoms with Gasteiger partial charge in [-0.2, -0.15) is 0 Å². The minimum Gasteiger partial charge on any atom is -0.469 e. The van der Waals surface area contributed by atoms with Gasteiger partial charge < -0.3 is 14.2 Å². The lowest BCUT2D eigenvalue weighted by molar-refractivity contribution is -0.149. The summed E-state index contributed by atoms with van der Waals surface area (Å²) in [6.07, 6.45) is 16.0. The molecule has 0 aromatic carbocycles. The number of carbonyl (C=O) groups excluding carboxylic acids is 4. The zero-order valence-electron chi connectivity index (χ0n) is 19.4. The molecule has 0 spiro atoms. The Bertz CT molecular complexity index is 788. The lowest BCUT2D eigenvalue weighted by Crippen LogP contribution is -2.33. The van der Waals surface area contributed by atoms with Crippen molar-refractivity contribution in [1.82, 2.24) is 0 Å². The highest BCUT2D eigenvalue weighted by Gasteiger charge is 2.41. The van der Waals surface area contributed by atoms with Crippen LogP contribution < -0.4 is 0 Å². The van der Waals surface area contributed by atoms with Gasteiger partial charge in [0.1, 0.15) is 6.10 Å². The van der Waals surface area contributed by atoms with Crippen molar-refractivity contribution in [3.63, 3.8) is 0 Å². The Hall–Kier alpha value is -2.96. The molecule has 0 saturated carbocycles. The van der Waals surface area contributed by atoms with Gasteiger partial charge >= 0.3 is 17.9 Å². The molecule has 0 radical (unpaired) electrons. The van der Waals surface area contributed by atoms with E-state index in [9.17, 15) is 19.2 Å². The van der Waals surface area contributed by atoms with Crippen LogP contribution in [0.1, 0.15) is 65.7 Å². The van der Waals surface area contributed by atoms with Gasteiger partial charge in [-0.05, 0) is 37.5 Å². The van der Waals surface area contributed by atoms with Crippen LogP contribution in [0.5, 0.6) is 0 Å². The fraction of sp³-hybridized carbons (Fsp3) is 0.520. The summed E-state index contributed by atoms with van der Waals surface area (Å²) in [6.45, 7) is 4.72. The fourth-order valence-electron chi connectivity index (χ4n) is 3.32. The van der Waals surface area contributed by atoms with Crippen molar-refractivity contribution >= 4 is 23.7 Å². The van der Waals surface area contributed by atoms with Crippen molar-refractivity contribution in [1.29, 1.82) is 0 Å². The standard InChI is InChI=1S/C25H34O7/c1-5-6-7-8-9-10-17-25(32-20(3)27)18-16-23(28)22(25)13-11-12-21(31-19(2)26)14-15-24(29)30-4/h9-13,16,18,21H,5-8,14-15,17H2,1-4H3/b10-9-,12-11-,22-13+/t21-,25-/m0/s1. The van der Waals surface area contributed by atoms with E-state index in [4.69, 9.17) is 9.47 Å². The number of esters is 3. The Morgan fingerprint density at radius 2 is 1.88 bits per heavy atom. The van der Waals surface area contributed by atoms with Crippen LogP contribution in [0, 0.1) is 0 Å². The number of rotatable bonds is 13. The quantitative estimate of drug-likeness (QED) is 0.137. The SMILES string of the molecule is CCCCC/C=C\C[C@]1(OC(C)=O)C=CC(=O)/C1=C\C=C/[C@@H](CCC(=O)OC)OC(C)=O. The van der Waals surface area contributed by atoms with Crippen molar-refractivity contribution < 1.29 is 33.4 Å². The molecule has 0 amide bonds. The van der Waals surface area contributed by atoms with Crippen LogP contribution in [-0.4, -0.2) is 42.5 Å². The molecule has 0 heterocycles. The Labute approximate surface area is 190 Å². The number of methoxy groups -OCH3 is 1. The number of ketones is 1. The van der Waals surface area contributed by atoms with E-state index in [1.807, 2.05) is 12.2 Å². The predicted octanol–water partition coefficient (Wildman–Crippen LogP) is 4.32. The molecule has 7 heteroatoms. The topological polar surface area (TPSA) is 96.0 Å². The third-order valence-corrected chi connectivity index (χ3v) is 4.88. The number of allylic oxidation sites excluding steroid dienone is 4. The third kappa shape index (κ3) is 9.45. The van der Waals surface area contributed by atoms with Gasteiger partial charge in [-0.15, -0.1) is 0 Å². The molecule has 0 fully saturated rings. The monoisotopic (exact) mass is 446 g/mol. The fourth-order valence-corrected chi connectivity index (χ4v) is 3.32. The van der Waals surface area contributed by atoms with E-state index in [0.717, 1.165) is 25.7 Å². The number of unbranched alkanes of at least 4 members (excludes halogenated alkanes) is 3. The summed E-state index contributed by atoms with van der Waals surface area (Å²) >= 11 is 0. The van der Waals surface area contributed by atoms with Gasteiger partial charge in [0.15, 0.2) is 11.4 Å². The molecule has 1 aliphatic rings. The second kappa shape index (κ2) is 14.2. The molecule has 0 N–H and O–H groups in total.